The molecule has 2 amide bonds. The summed E-state index contributed by atoms with van der Waals surface area (Å²) in [5.74, 6) is -2.00. The predicted molar refractivity (Wildman–Crippen MR) is 197 cm³/mol. The molecule has 0 radical (unpaired) electrons. The standard InChI is InChI=1S/C38H38Cl3F2N3O8/c39-29-5-1-4-26(33(29)40)21-45(27-10-11-27)36(47)28-22-44(37(48)53-19-17-51-18-20-54-46(49)50)23-38(14-15-38)32(28)25-8-6-24(7-9-25)3-2-16-52-35-31(43)13-12-30(42)34(35)41/h1,4-9,12-13,27H,2-3,10-11,14-23H2. The molecule has 1 aliphatic heterocycles. The number of amides is 2. The zero-order chi connectivity index (χ0) is 38.4. The number of aryl methyl sites for hydroxylation is 1. The van der Waals surface area contributed by atoms with E-state index in [0.717, 1.165) is 60.1 Å². The summed E-state index contributed by atoms with van der Waals surface area (Å²) in [5, 5.41) is 9.79. The van der Waals surface area contributed by atoms with Crippen LogP contribution in [0.2, 0.25) is 15.1 Å². The van der Waals surface area contributed by atoms with E-state index in [9.17, 15) is 28.5 Å². The molecule has 16 heteroatoms. The van der Waals surface area contributed by atoms with Gasteiger partial charge >= 0.3 is 6.09 Å². The molecular formula is C38H38Cl3F2N3O8. The monoisotopic (exact) mass is 807 g/mol. The Bertz CT molecular complexity index is 1910. The average molecular weight is 809 g/mol. The van der Waals surface area contributed by atoms with Gasteiger partial charge in [0.15, 0.2) is 11.6 Å². The molecule has 0 atom stereocenters. The second-order valence-corrected chi connectivity index (χ2v) is 14.6. The molecule has 2 aliphatic carbocycles. The van der Waals surface area contributed by atoms with Crippen molar-refractivity contribution in [2.45, 2.75) is 51.1 Å². The molecule has 0 N–H and O–H groups in total. The van der Waals surface area contributed by atoms with Crippen molar-refractivity contribution >= 4 is 52.4 Å². The van der Waals surface area contributed by atoms with Crippen molar-refractivity contribution in [2.75, 3.05) is 46.1 Å². The highest BCUT2D eigenvalue weighted by molar-refractivity contribution is 6.42. The maximum absolute atomic E-state index is 14.7. The lowest BCUT2D eigenvalue weighted by Gasteiger charge is -2.38. The van der Waals surface area contributed by atoms with Crippen molar-refractivity contribution in [1.82, 2.24) is 9.80 Å². The zero-order valence-electron chi connectivity index (χ0n) is 29.2. The van der Waals surface area contributed by atoms with Crippen LogP contribution in [0, 0.1) is 27.2 Å². The first kappa shape index (κ1) is 39.5. The molecule has 2 fully saturated rings. The summed E-state index contributed by atoms with van der Waals surface area (Å²) in [6.07, 6.45) is 3.73. The lowest BCUT2D eigenvalue weighted by atomic mass is 9.81. The summed E-state index contributed by atoms with van der Waals surface area (Å²) in [5.41, 5.74) is 3.53. The third-order valence-electron chi connectivity index (χ3n) is 9.64. The van der Waals surface area contributed by atoms with Crippen LogP contribution in [0.1, 0.15) is 48.8 Å². The Labute approximate surface area is 325 Å². The van der Waals surface area contributed by atoms with Crippen LogP contribution in [0.25, 0.3) is 5.57 Å². The second-order valence-electron chi connectivity index (χ2n) is 13.5. The highest BCUT2D eigenvalue weighted by atomic mass is 35.5. The van der Waals surface area contributed by atoms with Gasteiger partial charge in [0.2, 0.25) is 0 Å². The van der Waals surface area contributed by atoms with Crippen LogP contribution < -0.4 is 4.74 Å². The van der Waals surface area contributed by atoms with E-state index in [-0.39, 0.29) is 63.8 Å². The number of ether oxygens (including phenoxy) is 3. The average Bonchev–Trinajstić information content (AvgIpc) is 4.11. The molecule has 2 saturated carbocycles. The van der Waals surface area contributed by atoms with E-state index in [1.807, 2.05) is 35.2 Å². The highest BCUT2D eigenvalue weighted by Gasteiger charge is 2.54. The van der Waals surface area contributed by atoms with E-state index in [0.29, 0.717) is 35.0 Å². The fourth-order valence-corrected chi connectivity index (χ4v) is 7.28. The number of hydrogen-bond acceptors (Lipinski definition) is 8. The minimum atomic E-state index is -0.911. The first-order valence-electron chi connectivity index (χ1n) is 17.6. The normalized spacial score (nSPS) is 16.0. The first-order chi connectivity index (χ1) is 26.0. The van der Waals surface area contributed by atoms with Crippen LogP contribution in [0.15, 0.2) is 60.2 Å². The fraction of sp³-hybridized carbons (Fsp3) is 0.421. The lowest BCUT2D eigenvalue weighted by molar-refractivity contribution is -0.758. The smallest absolute Gasteiger partial charge is 0.410 e. The molecule has 3 aromatic carbocycles. The molecule has 1 spiro atoms. The SMILES string of the molecule is O=C(OCCOCCO[N+](=O)[O-])N1CC(C(=O)N(Cc2cccc(Cl)c2Cl)C2CC2)=C(c2ccc(CCCOc3c(F)ccc(F)c3Cl)cc2)C2(CC2)C1. The maximum Gasteiger partial charge on any atom is 0.410 e. The Morgan fingerprint density at radius 3 is 2.35 bits per heavy atom. The van der Waals surface area contributed by atoms with Crippen molar-refractivity contribution in [3.63, 3.8) is 0 Å². The second kappa shape index (κ2) is 17.5. The number of halogens is 5. The summed E-state index contributed by atoms with van der Waals surface area (Å²) in [6, 6.07) is 15.2. The molecule has 0 saturated heterocycles. The van der Waals surface area contributed by atoms with Crippen LogP contribution in [-0.4, -0.2) is 79.1 Å². The maximum atomic E-state index is 14.7. The minimum Gasteiger partial charge on any atom is -0.489 e. The number of carbonyl (C=O) groups is 2. The summed E-state index contributed by atoms with van der Waals surface area (Å²) < 4.78 is 44.1. The summed E-state index contributed by atoms with van der Waals surface area (Å²) in [4.78, 5) is 46.1. The number of nitrogens with zero attached hydrogens (tertiary/aromatic N) is 3. The van der Waals surface area contributed by atoms with Crippen LogP contribution in [0.3, 0.4) is 0 Å². The van der Waals surface area contributed by atoms with Crippen LogP contribution in [-0.2, 0) is 32.1 Å². The van der Waals surface area contributed by atoms with E-state index in [2.05, 4.69) is 4.84 Å². The van der Waals surface area contributed by atoms with Crippen LogP contribution >= 0.6 is 34.8 Å². The topological polar surface area (TPSA) is 121 Å². The minimum absolute atomic E-state index is 0.00976. The fourth-order valence-electron chi connectivity index (χ4n) is 6.70. The van der Waals surface area contributed by atoms with Gasteiger partial charge in [-0.3, -0.25) is 4.79 Å². The van der Waals surface area contributed by atoms with Gasteiger partial charge in [0.05, 0.1) is 36.4 Å². The Hall–Kier alpha value is -4.17. The van der Waals surface area contributed by atoms with E-state index in [4.69, 9.17) is 49.0 Å². The quantitative estimate of drug-likeness (QED) is 0.0578. The van der Waals surface area contributed by atoms with Crippen LogP contribution in [0.4, 0.5) is 13.6 Å². The number of hydrogen-bond donors (Lipinski definition) is 0. The summed E-state index contributed by atoms with van der Waals surface area (Å²) in [7, 11) is 0. The lowest BCUT2D eigenvalue weighted by Crippen LogP contribution is -2.46. The summed E-state index contributed by atoms with van der Waals surface area (Å²) >= 11 is 18.8. The molecule has 1 heterocycles. The van der Waals surface area contributed by atoms with Gasteiger partial charge in [-0.2, -0.15) is 0 Å². The Kier molecular flexibility index (Phi) is 12.8. The molecule has 0 aromatic heterocycles. The highest BCUT2D eigenvalue weighted by Crippen LogP contribution is 2.59. The third-order valence-corrected chi connectivity index (χ3v) is 10.9. The molecule has 3 aliphatic rings. The van der Waals surface area contributed by atoms with Gasteiger partial charge in [0.25, 0.3) is 11.0 Å². The molecule has 0 bridgehead atoms. The van der Waals surface area contributed by atoms with Gasteiger partial charge in [-0.05, 0) is 79.0 Å². The van der Waals surface area contributed by atoms with Crippen molar-refractivity contribution in [2.24, 2.45) is 5.41 Å². The van der Waals surface area contributed by atoms with E-state index >= 15 is 0 Å². The Morgan fingerprint density at radius 1 is 0.926 bits per heavy atom. The number of benzene rings is 3. The van der Waals surface area contributed by atoms with E-state index in [1.54, 1.807) is 17.0 Å². The van der Waals surface area contributed by atoms with Gasteiger partial charge in [-0.25, -0.2) is 13.6 Å². The Balaban J connectivity index is 1.20. The van der Waals surface area contributed by atoms with Gasteiger partial charge < -0.3 is 28.8 Å². The molecule has 0 unspecified atom stereocenters. The summed E-state index contributed by atoms with van der Waals surface area (Å²) in [6.45, 7) is 0.404. The van der Waals surface area contributed by atoms with Gasteiger partial charge in [-0.15, -0.1) is 10.1 Å². The van der Waals surface area contributed by atoms with Crippen molar-refractivity contribution < 1.29 is 42.5 Å². The van der Waals surface area contributed by atoms with Gasteiger partial charge in [0.1, 0.15) is 24.1 Å². The molecule has 288 valence electrons. The van der Waals surface area contributed by atoms with Crippen molar-refractivity contribution in [3.8, 4) is 5.75 Å². The Morgan fingerprint density at radius 2 is 1.65 bits per heavy atom. The van der Waals surface area contributed by atoms with Crippen molar-refractivity contribution in [1.29, 1.82) is 0 Å². The third kappa shape index (κ3) is 9.55. The zero-order valence-corrected chi connectivity index (χ0v) is 31.4. The van der Waals surface area contributed by atoms with Crippen molar-refractivity contribution in [3.05, 3.63) is 114 Å². The number of rotatable bonds is 17. The van der Waals surface area contributed by atoms with E-state index < -0.39 is 33.3 Å². The van der Waals surface area contributed by atoms with E-state index in [1.165, 1.54) is 0 Å². The molecular weight excluding hydrogens is 771 g/mol. The van der Waals surface area contributed by atoms with Gasteiger partial charge in [-0.1, -0.05) is 71.2 Å². The number of carbonyl (C=O) groups excluding carboxylic acids is 2. The molecule has 54 heavy (non-hydrogen) atoms. The first-order valence-corrected chi connectivity index (χ1v) is 18.7. The molecule has 11 nitrogen and oxygen atoms in total. The van der Waals surface area contributed by atoms with Gasteiger partial charge in [0, 0.05) is 30.1 Å². The molecule has 3 aromatic rings. The largest absolute Gasteiger partial charge is 0.489 e. The van der Waals surface area contributed by atoms with Crippen LogP contribution in [0.5, 0.6) is 5.75 Å². The molecule has 6 rings (SSSR count). The predicted octanol–water partition coefficient (Wildman–Crippen LogP) is 8.34.